The highest BCUT2D eigenvalue weighted by Gasteiger charge is 2.29. The number of amides is 3. The summed E-state index contributed by atoms with van der Waals surface area (Å²) in [5, 5.41) is 17.1. The minimum absolute atomic E-state index is 0.0553. The van der Waals surface area contributed by atoms with Gasteiger partial charge < -0.3 is 37.5 Å². The zero-order valence-corrected chi connectivity index (χ0v) is 19.5. The Kier molecular flexibility index (Phi) is 12.1. The fraction of sp³-hybridized carbons (Fsp3) is 0.667. The lowest BCUT2D eigenvalue weighted by atomic mass is 9.99. The predicted octanol–water partition coefficient (Wildman–Crippen LogP) is -0.986. The number of carbonyl (C=O) groups is 4. The lowest BCUT2D eigenvalue weighted by molar-refractivity contribution is -0.142. The van der Waals surface area contributed by atoms with E-state index in [-0.39, 0.29) is 18.8 Å². The van der Waals surface area contributed by atoms with E-state index in [1.54, 1.807) is 0 Å². The van der Waals surface area contributed by atoms with Crippen LogP contribution in [0.15, 0.2) is 12.5 Å². The minimum Gasteiger partial charge on any atom is -0.480 e. The largest absolute Gasteiger partial charge is 0.480 e. The second-order valence-corrected chi connectivity index (χ2v) is 8.17. The van der Waals surface area contributed by atoms with Gasteiger partial charge in [0, 0.05) is 18.3 Å². The molecule has 0 aliphatic carbocycles. The van der Waals surface area contributed by atoms with Gasteiger partial charge in [-0.25, -0.2) is 9.78 Å². The third kappa shape index (κ3) is 9.58. The fourth-order valence-corrected chi connectivity index (χ4v) is 3.03. The Morgan fingerprint density at radius 2 is 1.73 bits per heavy atom. The molecular formula is C21H37N7O5. The lowest BCUT2D eigenvalue weighted by Gasteiger charge is -2.24. The number of imidazole rings is 1. The summed E-state index contributed by atoms with van der Waals surface area (Å²) in [6, 6.07) is -3.92. The van der Waals surface area contributed by atoms with E-state index in [1.165, 1.54) is 19.4 Å². The van der Waals surface area contributed by atoms with Crippen molar-refractivity contribution in [1.82, 2.24) is 25.9 Å². The van der Waals surface area contributed by atoms with Gasteiger partial charge in [0.05, 0.1) is 12.4 Å². The summed E-state index contributed by atoms with van der Waals surface area (Å²) in [5.41, 5.74) is 11.9. The first-order chi connectivity index (χ1) is 15.6. The number of carboxylic acids is 1. The van der Waals surface area contributed by atoms with Crippen LogP contribution < -0.4 is 27.4 Å². The Hall–Kier alpha value is -2.99. The number of carboxylic acid groups (broad SMARTS) is 1. The highest BCUT2D eigenvalue weighted by Crippen LogP contribution is 2.07. The summed E-state index contributed by atoms with van der Waals surface area (Å²) in [6.07, 6.45) is 5.06. The predicted molar refractivity (Wildman–Crippen MR) is 122 cm³/mol. The molecule has 1 aromatic rings. The van der Waals surface area contributed by atoms with Gasteiger partial charge in [-0.05, 0) is 38.6 Å². The number of hydrogen-bond acceptors (Lipinski definition) is 7. The van der Waals surface area contributed by atoms with Crippen molar-refractivity contribution in [3.05, 3.63) is 18.2 Å². The van der Waals surface area contributed by atoms with Crippen LogP contribution in [-0.4, -0.2) is 69.5 Å². The molecule has 1 aromatic heterocycles. The monoisotopic (exact) mass is 467 g/mol. The van der Waals surface area contributed by atoms with Crippen molar-refractivity contribution in [1.29, 1.82) is 0 Å². The molecule has 3 amide bonds. The Bertz CT molecular complexity index is 771. The zero-order chi connectivity index (χ0) is 25.0. The van der Waals surface area contributed by atoms with Crippen molar-refractivity contribution in [2.75, 3.05) is 6.54 Å². The van der Waals surface area contributed by atoms with E-state index in [0.29, 0.717) is 31.5 Å². The third-order valence-corrected chi connectivity index (χ3v) is 5.49. The van der Waals surface area contributed by atoms with Crippen LogP contribution in [0.4, 0.5) is 0 Å². The number of aromatic amines is 1. The maximum absolute atomic E-state index is 12.9. The van der Waals surface area contributed by atoms with Gasteiger partial charge in [0.1, 0.15) is 18.1 Å². The average molecular weight is 468 g/mol. The zero-order valence-electron chi connectivity index (χ0n) is 19.5. The molecule has 5 unspecified atom stereocenters. The first kappa shape index (κ1) is 28.0. The molecule has 9 N–H and O–H groups in total. The smallest absolute Gasteiger partial charge is 0.326 e. The van der Waals surface area contributed by atoms with Crippen LogP contribution in [0.3, 0.4) is 0 Å². The summed E-state index contributed by atoms with van der Waals surface area (Å²) < 4.78 is 0. The second kappa shape index (κ2) is 14.2. The van der Waals surface area contributed by atoms with E-state index in [2.05, 4.69) is 25.9 Å². The Morgan fingerprint density at radius 3 is 2.27 bits per heavy atom. The number of unbranched alkanes of at least 4 members (excludes halogenated alkanes) is 1. The van der Waals surface area contributed by atoms with Gasteiger partial charge in [0.2, 0.25) is 17.7 Å². The number of nitrogens with one attached hydrogen (secondary N) is 4. The van der Waals surface area contributed by atoms with Crippen LogP contribution in [0.5, 0.6) is 0 Å². The van der Waals surface area contributed by atoms with E-state index >= 15 is 0 Å². The summed E-state index contributed by atoms with van der Waals surface area (Å²) in [4.78, 5) is 56.2. The van der Waals surface area contributed by atoms with Crippen LogP contribution >= 0.6 is 0 Å². The van der Waals surface area contributed by atoms with Crippen molar-refractivity contribution >= 4 is 23.7 Å². The minimum atomic E-state index is -1.17. The van der Waals surface area contributed by atoms with Gasteiger partial charge in [-0.2, -0.15) is 0 Å². The number of carbonyl (C=O) groups excluding carboxylic acids is 3. The van der Waals surface area contributed by atoms with Gasteiger partial charge in [0.25, 0.3) is 0 Å². The molecule has 0 bridgehead atoms. The molecule has 0 spiro atoms. The van der Waals surface area contributed by atoms with E-state index in [4.69, 9.17) is 11.5 Å². The van der Waals surface area contributed by atoms with Gasteiger partial charge in [-0.15, -0.1) is 0 Å². The Balaban J connectivity index is 2.86. The highest BCUT2D eigenvalue weighted by atomic mass is 16.4. The molecule has 0 fully saturated rings. The molecule has 12 nitrogen and oxygen atoms in total. The number of aromatic nitrogens is 2. The van der Waals surface area contributed by atoms with Crippen molar-refractivity contribution in [3.8, 4) is 0 Å². The van der Waals surface area contributed by atoms with Crippen molar-refractivity contribution < 1.29 is 24.3 Å². The van der Waals surface area contributed by atoms with Crippen LogP contribution in [-0.2, 0) is 25.6 Å². The number of aliphatic carboxylic acids is 1. The summed E-state index contributed by atoms with van der Waals surface area (Å²) in [7, 11) is 0. The highest BCUT2D eigenvalue weighted by molar-refractivity contribution is 5.94. The number of H-pyrrole nitrogens is 1. The van der Waals surface area contributed by atoms with E-state index in [9.17, 15) is 24.3 Å². The number of nitrogens with zero attached hydrogens (tertiary/aromatic N) is 1. The van der Waals surface area contributed by atoms with E-state index in [0.717, 1.165) is 0 Å². The first-order valence-electron chi connectivity index (χ1n) is 11.2. The van der Waals surface area contributed by atoms with Crippen LogP contribution in [0.1, 0.15) is 52.1 Å². The van der Waals surface area contributed by atoms with Crippen molar-refractivity contribution in [3.63, 3.8) is 0 Å². The molecule has 1 rings (SSSR count). The van der Waals surface area contributed by atoms with Crippen molar-refractivity contribution in [2.24, 2.45) is 17.4 Å². The van der Waals surface area contributed by atoms with Crippen LogP contribution in [0.2, 0.25) is 0 Å². The quantitative estimate of drug-likeness (QED) is 0.159. The van der Waals surface area contributed by atoms with E-state index in [1.807, 2.05) is 13.8 Å². The molecule has 0 aromatic carbocycles. The maximum Gasteiger partial charge on any atom is 0.326 e. The average Bonchev–Trinajstić information content (AvgIpc) is 3.29. The number of rotatable bonds is 15. The van der Waals surface area contributed by atoms with Crippen molar-refractivity contribution in [2.45, 2.75) is 77.0 Å². The summed E-state index contributed by atoms with van der Waals surface area (Å²) in [6.45, 7) is 5.65. The molecule has 0 aliphatic heterocycles. The van der Waals surface area contributed by atoms with Gasteiger partial charge in [-0.1, -0.05) is 20.3 Å². The first-order valence-corrected chi connectivity index (χ1v) is 11.2. The van der Waals surface area contributed by atoms with Gasteiger partial charge in [0.15, 0.2) is 0 Å². The molecule has 0 aliphatic rings. The van der Waals surface area contributed by atoms with Gasteiger partial charge in [-0.3, -0.25) is 14.4 Å². The van der Waals surface area contributed by atoms with E-state index < -0.39 is 47.9 Å². The SMILES string of the molecule is CCC(C)C(N)C(=O)NC(C)C(=O)NC(Cc1cnc[nH]1)C(=O)NC(CCCCN)C(=O)O. The second-order valence-electron chi connectivity index (χ2n) is 8.17. The molecule has 1 heterocycles. The summed E-state index contributed by atoms with van der Waals surface area (Å²) >= 11 is 0. The normalized spacial score (nSPS) is 15.5. The topological polar surface area (TPSA) is 205 Å². The molecule has 5 atom stereocenters. The molecule has 33 heavy (non-hydrogen) atoms. The molecule has 0 radical (unpaired) electrons. The fourth-order valence-electron chi connectivity index (χ4n) is 3.03. The molecule has 186 valence electrons. The van der Waals surface area contributed by atoms with Crippen LogP contribution in [0, 0.1) is 5.92 Å². The molecule has 0 saturated carbocycles. The molecular weight excluding hydrogens is 430 g/mol. The van der Waals surface area contributed by atoms with Crippen LogP contribution in [0.25, 0.3) is 0 Å². The molecule has 12 heteroatoms. The Labute approximate surface area is 193 Å². The number of hydrogen-bond donors (Lipinski definition) is 7. The third-order valence-electron chi connectivity index (χ3n) is 5.49. The van der Waals surface area contributed by atoms with Gasteiger partial charge >= 0.3 is 5.97 Å². The Morgan fingerprint density at radius 1 is 1.06 bits per heavy atom. The standard InChI is InChI=1S/C21H37N7O5/c1-4-12(2)17(23)20(31)26-13(3)18(29)28-16(9-14-10-24-11-25-14)19(30)27-15(21(32)33)7-5-6-8-22/h10-13,15-17H,4-9,22-23H2,1-3H3,(H,24,25)(H,26,31)(H,27,30)(H,28,29)(H,32,33). The summed E-state index contributed by atoms with van der Waals surface area (Å²) in [5.74, 6) is -2.97. The maximum atomic E-state index is 12.9. The number of nitrogens with two attached hydrogens (primary N) is 2. The molecule has 0 saturated heterocycles. The lowest BCUT2D eigenvalue weighted by Crippen LogP contribution is -2.57.